The molecule has 0 radical (unpaired) electrons. The summed E-state index contributed by atoms with van der Waals surface area (Å²) < 4.78 is 0. The Kier molecular flexibility index (Phi) is 22.0. The molecule has 56 heavy (non-hydrogen) atoms. The number of nitrogens with one attached hydrogen (secondary N) is 2. The number of ketones is 3. The third-order valence-corrected chi connectivity index (χ3v) is 10.3. The van der Waals surface area contributed by atoms with Gasteiger partial charge in [-0.15, -0.1) is 0 Å². The summed E-state index contributed by atoms with van der Waals surface area (Å²) in [5.74, 6) is -4.61. The largest absolute Gasteiger partial charge is 0.454 e. The minimum absolute atomic E-state index is 0.0791. The molecule has 0 aliphatic rings. The molecule has 2 rings (SSSR count). The van der Waals surface area contributed by atoms with E-state index in [1.165, 1.54) is 26.3 Å². The molecule has 310 valence electrons. The molecule has 6 atom stereocenters. The van der Waals surface area contributed by atoms with Crippen LogP contribution in [0.1, 0.15) is 114 Å². The van der Waals surface area contributed by atoms with Gasteiger partial charge in [0.1, 0.15) is 6.04 Å². The zero-order valence-corrected chi connectivity index (χ0v) is 34.5. The molecule has 0 saturated heterocycles. The van der Waals surface area contributed by atoms with E-state index in [-0.39, 0.29) is 30.8 Å². The molecule has 7 N–H and O–H groups in total. The maximum atomic E-state index is 13.8. The van der Waals surface area contributed by atoms with Crippen LogP contribution in [-0.2, 0) is 25.6 Å². The Bertz CT molecular complexity index is 1520. The van der Waals surface area contributed by atoms with Crippen LogP contribution in [0.2, 0.25) is 5.82 Å². The van der Waals surface area contributed by atoms with Crippen LogP contribution in [0.15, 0.2) is 48.5 Å². The summed E-state index contributed by atoms with van der Waals surface area (Å²) in [7, 11) is 2.23. The number of carbonyl (C=O) groups is 5. The molecule has 2 aromatic carbocycles. The van der Waals surface area contributed by atoms with Crippen molar-refractivity contribution in [1.82, 2.24) is 15.5 Å². The van der Waals surface area contributed by atoms with E-state index < -0.39 is 60.6 Å². The summed E-state index contributed by atoms with van der Waals surface area (Å²) in [6, 6.07) is 13.5. The lowest BCUT2D eigenvalue weighted by Gasteiger charge is -2.25. The molecule has 12 nitrogen and oxygen atoms in total. The minimum atomic E-state index is -1.69. The Hall–Kier alpha value is -3.75. The second-order valence-electron chi connectivity index (χ2n) is 15.7. The Labute approximate surface area is 334 Å². The van der Waals surface area contributed by atoms with Crippen molar-refractivity contribution in [2.75, 3.05) is 27.2 Å². The predicted molar refractivity (Wildman–Crippen MR) is 222 cm³/mol. The van der Waals surface area contributed by atoms with Crippen LogP contribution in [0.3, 0.4) is 0 Å². The summed E-state index contributed by atoms with van der Waals surface area (Å²) in [4.78, 5) is 69.2. The second-order valence-corrected chi connectivity index (χ2v) is 15.7. The maximum absolute atomic E-state index is 13.8. The summed E-state index contributed by atoms with van der Waals surface area (Å²) in [6.45, 7) is 7.81. The summed E-state index contributed by atoms with van der Waals surface area (Å²) in [5.41, 5.74) is 9.40. The van der Waals surface area contributed by atoms with Gasteiger partial charge in [-0.25, -0.2) is 0 Å². The molecule has 0 bridgehead atoms. The fourth-order valence-electron chi connectivity index (χ4n) is 6.53. The number of unbranched alkanes of at least 4 members (excludes halogenated alkanes) is 3. The van der Waals surface area contributed by atoms with Gasteiger partial charge in [-0.2, -0.15) is 0 Å². The molecular weight excluding hydrogens is 711 g/mol. The normalized spacial score (nSPS) is 14.6. The van der Waals surface area contributed by atoms with Crippen LogP contribution < -0.4 is 16.4 Å². The van der Waals surface area contributed by atoms with E-state index in [4.69, 9.17) is 5.73 Å². The van der Waals surface area contributed by atoms with Gasteiger partial charge in [0.2, 0.25) is 11.8 Å². The van der Waals surface area contributed by atoms with Gasteiger partial charge in [-0.1, -0.05) is 82.1 Å². The number of rotatable bonds is 28. The van der Waals surface area contributed by atoms with Gasteiger partial charge in [0.05, 0.1) is 12.1 Å². The summed E-state index contributed by atoms with van der Waals surface area (Å²) in [6.07, 6.45) is 4.84. The third-order valence-electron chi connectivity index (χ3n) is 10.3. The van der Waals surface area contributed by atoms with Gasteiger partial charge in [-0.3, -0.25) is 24.0 Å². The fraction of sp³-hybridized carbons (Fsp3) is 0.605. The monoisotopic (exact) mass is 779 g/mol. The van der Waals surface area contributed by atoms with Gasteiger partial charge in [0.15, 0.2) is 17.3 Å². The first-order valence-corrected chi connectivity index (χ1v) is 20.4. The van der Waals surface area contributed by atoms with E-state index in [1.807, 2.05) is 31.1 Å². The first-order chi connectivity index (χ1) is 26.6. The van der Waals surface area contributed by atoms with Crippen molar-refractivity contribution in [3.63, 3.8) is 0 Å². The standard InChI is InChI=1S/C43H67BN4O8/c1-7-8-13-32-16-18-33(19-17-32)34-20-22-35(23-21-34)38(50)28-36(14-10-12-25-48(5)6)43(54)47-41(31(4)49)40(52)26-29(2)42(53)46-37(15-9-11-24-45)39(51)27-30(3)44(55)56/h16-23,29-31,36-37,41,49,55-56H,7-15,24-28,45H2,1-6H3,(H,46,53)(H,47,54)/t29-,30-,31?,36-,37+,41+/m1/s1. The molecule has 0 saturated carbocycles. The highest BCUT2D eigenvalue weighted by molar-refractivity contribution is 6.43. The lowest BCUT2D eigenvalue weighted by molar-refractivity contribution is -0.135. The van der Waals surface area contributed by atoms with E-state index in [1.54, 1.807) is 12.1 Å². The smallest absolute Gasteiger partial charge is 0.427 e. The molecular formula is C43H67BN4O8. The Morgan fingerprint density at radius 3 is 1.91 bits per heavy atom. The zero-order chi connectivity index (χ0) is 41.8. The topological polar surface area (TPSA) is 199 Å². The Morgan fingerprint density at radius 2 is 1.36 bits per heavy atom. The third kappa shape index (κ3) is 17.2. The maximum Gasteiger partial charge on any atom is 0.454 e. The number of nitrogens with two attached hydrogens (primary N) is 1. The van der Waals surface area contributed by atoms with Gasteiger partial charge >= 0.3 is 7.12 Å². The van der Waals surface area contributed by atoms with Crippen LogP contribution in [0.4, 0.5) is 0 Å². The predicted octanol–water partition coefficient (Wildman–Crippen LogP) is 4.51. The van der Waals surface area contributed by atoms with Crippen molar-refractivity contribution >= 4 is 36.3 Å². The van der Waals surface area contributed by atoms with Crippen molar-refractivity contribution in [3.8, 4) is 11.1 Å². The van der Waals surface area contributed by atoms with E-state index in [0.717, 1.165) is 43.4 Å². The molecule has 2 amide bonds. The highest BCUT2D eigenvalue weighted by atomic mass is 16.4. The average molecular weight is 779 g/mol. The number of aryl methyl sites for hydroxylation is 1. The summed E-state index contributed by atoms with van der Waals surface area (Å²) in [5, 5.41) is 35.0. The fourth-order valence-corrected chi connectivity index (χ4v) is 6.53. The van der Waals surface area contributed by atoms with Crippen molar-refractivity contribution in [2.24, 2.45) is 17.6 Å². The molecule has 0 spiro atoms. The number of hydrogen-bond donors (Lipinski definition) is 6. The van der Waals surface area contributed by atoms with Crippen molar-refractivity contribution < 1.29 is 39.1 Å². The zero-order valence-electron chi connectivity index (χ0n) is 34.5. The number of benzene rings is 2. The highest BCUT2D eigenvalue weighted by Crippen LogP contribution is 2.24. The van der Waals surface area contributed by atoms with Crippen LogP contribution in [0.5, 0.6) is 0 Å². The number of aliphatic hydroxyl groups excluding tert-OH is 1. The van der Waals surface area contributed by atoms with E-state index in [2.05, 4.69) is 41.8 Å². The first-order valence-electron chi connectivity index (χ1n) is 20.4. The molecule has 0 aliphatic heterocycles. The van der Waals surface area contributed by atoms with Gasteiger partial charge in [0, 0.05) is 36.7 Å². The first kappa shape index (κ1) is 48.4. The van der Waals surface area contributed by atoms with Crippen LogP contribution in [-0.4, -0.2) is 102 Å². The van der Waals surface area contributed by atoms with Crippen molar-refractivity contribution in [2.45, 2.75) is 129 Å². The number of hydrogen-bond acceptors (Lipinski definition) is 10. The molecule has 2 aromatic rings. The van der Waals surface area contributed by atoms with Crippen molar-refractivity contribution in [1.29, 1.82) is 0 Å². The molecule has 0 aliphatic carbocycles. The van der Waals surface area contributed by atoms with Crippen LogP contribution in [0, 0.1) is 11.8 Å². The summed E-state index contributed by atoms with van der Waals surface area (Å²) >= 11 is 0. The van der Waals surface area contributed by atoms with E-state index >= 15 is 0 Å². The van der Waals surface area contributed by atoms with E-state index in [0.29, 0.717) is 44.2 Å². The number of amides is 2. The minimum Gasteiger partial charge on any atom is -0.427 e. The molecule has 1 unspecified atom stereocenters. The number of Topliss-reactive ketones (excluding diaryl/α,β-unsaturated/α-hetero) is 3. The lowest BCUT2D eigenvalue weighted by atomic mass is 9.71. The molecule has 13 heteroatoms. The van der Waals surface area contributed by atoms with E-state index in [9.17, 15) is 39.1 Å². The number of aliphatic hydroxyl groups is 1. The molecule has 0 fully saturated rings. The Morgan fingerprint density at radius 1 is 0.750 bits per heavy atom. The van der Waals surface area contributed by atoms with Crippen molar-refractivity contribution in [3.05, 3.63) is 59.7 Å². The average Bonchev–Trinajstić information content (AvgIpc) is 3.16. The van der Waals surface area contributed by atoms with Gasteiger partial charge < -0.3 is 36.4 Å². The lowest BCUT2D eigenvalue weighted by Crippen LogP contribution is -2.51. The Balaban J connectivity index is 2.15. The second kappa shape index (κ2) is 25.5. The van der Waals surface area contributed by atoms with Crippen LogP contribution >= 0.6 is 0 Å². The van der Waals surface area contributed by atoms with Crippen LogP contribution in [0.25, 0.3) is 11.1 Å². The number of carbonyl (C=O) groups excluding carboxylic acids is 5. The van der Waals surface area contributed by atoms with Gasteiger partial charge in [0.25, 0.3) is 0 Å². The number of nitrogens with zero attached hydrogens (tertiary/aromatic N) is 1. The van der Waals surface area contributed by atoms with Gasteiger partial charge in [-0.05, 0) is 102 Å². The highest BCUT2D eigenvalue weighted by Gasteiger charge is 2.33. The quantitative estimate of drug-likeness (QED) is 0.0406. The SMILES string of the molecule is CCCCc1ccc(-c2ccc(C(=O)C[C@@H](CCCCN(C)C)C(=O)N[C@H](C(=O)C[C@@H](C)C(=O)N[C@@H](CCCCN)C(=O)C[C@@H](C)B(O)O)C(C)O)cc2)cc1. The molecule has 0 aromatic heterocycles. The molecule has 0 heterocycles.